The molecule has 0 radical (unpaired) electrons. The number of rotatable bonds is 4. The fourth-order valence-electron chi connectivity index (χ4n) is 3.77. The molecule has 1 fully saturated rings. The standard InChI is InChI=1S/C25H27Cl/c1-2-3-20-4-6-21(7-5-20)8-9-22-10-14-24(15-11-22)25-16-12-23(13-17-25)18-19-26/h4-7,10-11,14-15,18-19,23,25H,2-3,12-13,16-17H2,1H3/b19-18+. The lowest BCUT2D eigenvalue weighted by atomic mass is 9.79. The molecule has 0 amide bonds. The van der Waals surface area contributed by atoms with Crippen molar-refractivity contribution in [2.75, 3.05) is 0 Å². The minimum atomic E-state index is 0.664. The zero-order chi connectivity index (χ0) is 18.2. The Balaban J connectivity index is 1.60. The van der Waals surface area contributed by atoms with Crippen LogP contribution in [0.1, 0.15) is 67.2 Å². The predicted octanol–water partition coefficient (Wildman–Crippen LogP) is 7.07. The van der Waals surface area contributed by atoms with Gasteiger partial charge in [-0.05, 0) is 79.3 Å². The van der Waals surface area contributed by atoms with E-state index in [1.807, 2.05) is 0 Å². The van der Waals surface area contributed by atoms with E-state index in [9.17, 15) is 0 Å². The van der Waals surface area contributed by atoms with Crippen LogP contribution in [-0.4, -0.2) is 0 Å². The molecule has 0 N–H and O–H groups in total. The van der Waals surface area contributed by atoms with Gasteiger partial charge in [-0.15, -0.1) is 0 Å². The van der Waals surface area contributed by atoms with E-state index in [2.05, 4.69) is 73.4 Å². The highest BCUT2D eigenvalue weighted by Crippen LogP contribution is 2.36. The molecule has 3 rings (SSSR count). The van der Waals surface area contributed by atoms with E-state index in [1.165, 1.54) is 43.2 Å². The van der Waals surface area contributed by atoms with E-state index in [0.29, 0.717) is 11.8 Å². The monoisotopic (exact) mass is 362 g/mol. The molecule has 0 saturated heterocycles. The van der Waals surface area contributed by atoms with Crippen molar-refractivity contribution in [3.05, 3.63) is 82.4 Å². The molecular weight excluding hydrogens is 336 g/mol. The summed E-state index contributed by atoms with van der Waals surface area (Å²) in [5.41, 5.74) is 6.69. The first-order chi connectivity index (χ1) is 12.8. The molecule has 1 aliphatic carbocycles. The molecule has 0 heterocycles. The van der Waals surface area contributed by atoms with E-state index < -0.39 is 0 Å². The molecule has 0 atom stereocenters. The van der Waals surface area contributed by atoms with Crippen LogP contribution in [0.4, 0.5) is 0 Å². The van der Waals surface area contributed by atoms with Crippen LogP contribution >= 0.6 is 11.6 Å². The maximum absolute atomic E-state index is 5.71. The largest absolute Gasteiger partial charge is 0.0933 e. The van der Waals surface area contributed by atoms with Crippen molar-refractivity contribution in [2.45, 2.75) is 51.4 Å². The van der Waals surface area contributed by atoms with Crippen LogP contribution in [0.15, 0.2) is 60.1 Å². The van der Waals surface area contributed by atoms with Gasteiger partial charge in [0.25, 0.3) is 0 Å². The van der Waals surface area contributed by atoms with Gasteiger partial charge in [0.1, 0.15) is 0 Å². The Bertz CT molecular complexity index is 764. The van der Waals surface area contributed by atoms with E-state index >= 15 is 0 Å². The molecule has 134 valence electrons. The van der Waals surface area contributed by atoms with Gasteiger partial charge < -0.3 is 0 Å². The van der Waals surface area contributed by atoms with Crippen molar-refractivity contribution in [1.29, 1.82) is 0 Å². The van der Waals surface area contributed by atoms with Gasteiger partial charge in [0, 0.05) is 16.7 Å². The number of hydrogen-bond acceptors (Lipinski definition) is 0. The molecule has 1 heteroatoms. The summed E-state index contributed by atoms with van der Waals surface area (Å²) < 4.78 is 0. The summed E-state index contributed by atoms with van der Waals surface area (Å²) in [7, 11) is 0. The molecule has 0 unspecified atom stereocenters. The third kappa shape index (κ3) is 5.26. The highest BCUT2D eigenvalue weighted by atomic mass is 35.5. The van der Waals surface area contributed by atoms with Gasteiger partial charge in [-0.25, -0.2) is 0 Å². The summed E-state index contributed by atoms with van der Waals surface area (Å²) in [6.45, 7) is 2.21. The highest BCUT2D eigenvalue weighted by Gasteiger charge is 2.20. The average molecular weight is 363 g/mol. The number of allylic oxidation sites excluding steroid dienone is 1. The maximum Gasteiger partial charge on any atom is 0.0249 e. The number of aryl methyl sites for hydroxylation is 1. The molecule has 26 heavy (non-hydrogen) atoms. The zero-order valence-corrected chi connectivity index (χ0v) is 16.3. The first-order valence-corrected chi connectivity index (χ1v) is 10.2. The van der Waals surface area contributed by atoms with Crippen molar-refractivity contribution >= 4 is 11.6 Å². The van der Waals surface area contributed by atoms with E-state index in [4.69, 9.17) is 11.6 Å². The van der Waals surface area contributed by atoms with E-state index in [-0.39, 0.29) is 0 Å². The summed E-state index contributed by atoms with van der Waals surface area (Å²) in [6, 6.07) is 17.5. The molecule has 1 aliphatic rings. The molecule has 2 aromatic carbocycles. The fourth-order valence-corrected chi connectivity index (χ4v) is 3.98. The lowest BCUT2D eigenvalue weighted by molar-refractivity contribution is 0.376. The lowest BCUT2D eigenvalue weighted by Crippen LogP contribution is -2.11. The van der Waals surface area contributed by atoms with Gasteiger partial charge in [-0.2, -0.15) is 0 Å². The predicted molar refractivity (Wildman–Crippen MR) is 113 cm³/mol. The Kier molecular flexibility index (Phi) is 6.98. The minimum Gasteiger partial charge on any atom is -0.0933 e. The Labute approximate surface area is 163 Å². The van der Waals surface area contributed by atoms with Crippen molar-refractivity contribution in [3.63, 3.8) is 0 Å². The third-order valence-electron chi connectivity index (χ3n) is 5.34. The summed E-state index contributed by atoms with van der Waals surface area (Å²) in [5, 5.41) is 0. The molecule has 0 bridgehead atoms. The molecular formula is C25H27Cl. The van der Waals surface area contributed by atoms with Crippen LogP contribution in [0.25, 0.3) is 0 Å². The van der Waals surface area contributed by atoms with Crippen molar-refractivity contribution in [1.82, 2.24) is 0 Å². The molecule has 1 saturated carbocycles. The second-order valence-corrected chi connectivity index (χ2v) is 7.50. The molecule has 0 spiro atoms. The smallest absolute Gasteiger partial charge is 0.0249 e. The van der Waals surface area contributed by atoms with Gasteiger partial charge in [-0.3, -0.25) is 0 Å². The Morgan fingerprint density at radius 2 is 1.46 bits per heavy atom. The third-order valence-corrected chi connectivity index (χ3v) is 5.49. The summed E-state index contributed by atoms with van der Waals surface area (Å²) in [5.74, 6) is 7.92. The quantitative estimate of drug-likeness (QED) is 0.510. The Morgan fingerprint density at radius 1 is 0.885 bits per heavy atom. The zero-order valence-electron chi connectivity index (χ0n) is 15.5. The van der Waals surface area contributed by atoms with Gasteiger partial charge in [0.2, 0.25) is 0 Å². The molecule has 0 aliphatic heterocycles. The molecule has 2 aromatic rings. The van der Waals surface area contributed by atoms with E-state index in [1.54, 1.807) is 5.54 Å². The normalized spacial score (nSPS) is 19.9. The fraction of sp³-hybridized carbons (Fsp3) is 0.360. The van der Waals surface area contributed by atoms with Crippen molar-refractivity contribution in [2.24, 2.45) is 5.92 Å². The second-order valence-electron chi connectivity index (χ2n) is 7.25. The van der Waals surface area contributed by atoms with Crippen LogP contribution in [0.2, 0.25) is 0 Å². The van der Waals surface area contributed by atoms with Crippen LogP contribution < -0.4 is 0 Å². The SMILES string of the molecule is CCCc1ccc(C#Cc2ccc(C3CCC(/C=C/Cl)CC3)cc2)cc1. The summed E-state index contributed by atoms with van der Waals surface area (Å²) in [6.07, 6.45) is 9.45. The van der Waals surface area contributed by atoms with Crippen LogP contribution in [0, 0.1) is 17.8 Å². The van der Waals surface area contributed by atoms with Gasteiger partial charge in [-0.1, -0.05) is 67.1 Å². The van der Waals surface area contributed by atoms with Crippen molar-refractivity contribution < 1.29 is 0 Å². The van der Waals surface area contributed by atoms with Crippen LogP contribution in [0.3, 0.4) is 0 Å². The topological polar surface area (TPSA) is 0 Å². The number of hydrogen-bond donors (Lipinski definition) is 0. The van der Waals surface area contributed by atoms with Gasteiger partial charge in [0.05, 0.1) is 0 Å². The maximum atomic E-state index is 5.71. The lowest BCUT2D eigenvalue weighted by Gasteiger charge is -2.27. The number of benzene rings is 2. The van der Waals surface area contributed by atoms with Gasteiger partial charge in [0.15, 0.2) is 0 Å². The first-order valence-electron chi connectivity index (χ1n) is 9.76. The summed E-state index contributed by atoms with van der Waals surface area (Å²) >= 11 is 5.71. The van der Waals surface area contributed by atoms with Gasteiger partial charge >= 0.3 is 0 Å². The highest BCUT2D eigenvalue weighted by molar-refractivity contribution is 6.25. The molecule has 0 nitrogen and oxygen atoms in total. The van der Waals surface area contributed by atoms with E-state index in [0.717, 1.165) is 17.5 Å². The number of halogens is 1. The average Bonchev–Trinajstić information content (AvgIpc) is 2.69. The minimum absolute atomic E-state index is 0.664. The second kappa shape index (κ2) is 9.65. The van der Waals surface area contributed by atoms with Crippen molar-refractivity contribution in [3.8, 4) is 11.8 Å². The van der Waals surface area contributed by atoms with Crippen LogP contribution in [0.5, 0.6) is 0 Å². The summed E-state index contributed by atoms with van der Waals surface area (Å²) in [4.78, 5) is 0. The Morgan fingerprint density at radius 3 is 2.00 bits per heavy atom. The Hall–Kier alpha value is -1.97. The molecule has 0 aromatic heterocycles. The first kappa shape index (κ1) is 18.8. The van der Waals surface area contributed by atoms with Crippen LogP contribution in [-0.2, 0) is 6.42 Å².